The van der Waals surface area contributed by atoms with Crippen LogP contribution in [0, 0.1) is 0 Å². The molecule has 1 heterocycles. The average molecular weight is 420 g/mol. The number of hydrogen-bond acceptors (Lipinski definition) is 3. The van der Waals surface area contributed by atoms with Gasteiger partial charge in [0.25, 0.3) is 11.8 Å². The standard InChI is InChI=1S/C21H23Cl2N3O2/c1-2-9-24-20(27)17-13-15(6-8-19(17)26-10-3-4-11-26)25-21(28)16-7-5-14(22)12-18(16)23/h5-8,12-13H,2-4,9-11H2,1H3,(H,24,27)(H,25,28). The van der Waals surface area contributed by atoms with Crippen LogP contribution in [-0.2, 0) is 0 Å². The van der Waals surface area contributed by atoms with Crippen molar-refractivity contribution in [2.45, 2.75) is 26.2 Å². The van der Waals surface area contributed by atoms with Gasteiger partial charge < -0.3 is 15.5 Å². The summed E-state index contributed by atoms with van der Waals surface area (Å²) in [5.41, 5.74) is 2.33. The second kappa shape index (κ2) is 9.30. The lowest BCUT2D eigenvalue weighted by Gasteiger charge is -2.22. The molecule has 1 saturated heterocycles. The monoisotopic (exact) mass is 419 g/mol. The van der Waals surface area contributed by atoms with E-state index in [0.717, 1.165) is 38.0 Å². The first-order valence-electron chi connectivity index (χ1n) is 9.43. The van der Waals surface area contributed by atoms with E-state index in [1.54, 1.807) is 18.2 Å². The maximum Gasteiger partial charge on any atom is 0.257 e. The van der Waals surface area contributed by atoms with Crippen LogP contribution in [0.15, 0.2) is 36.4 Å². The van der Waals surface area contributed by atoms with E-state index in [1.807, 2.05) is 19.1 Å². The molecule has 2 N–H and O–H groups in total. The van der Waals surface area contributed by atoms with E-state index in [2.05, 4.69) is 15.5 Å². The van der Waals surface area contributed by atoms with Gasteiger partial charge >= 0.3 is 0 Å². The van der Waals surface area contributed by atoms with Crippen molar-refractivity contribution in [2.24, 2.45) is 0 Å². The van der Waals surface area contributed by atoms with Crippen molar-refractivity contribution >= 4 is 46.4 Å². The number of nitrogens with zero attached hydrogens (tertiary/aromatic N) is 1. The molecule has 1 aliphatic rings. The minimum atomic E-state index is -0.351. The summed E-state index contributed by atoms with van der Waals surface area (Å²) in [6.07, 6.45) is 3.09. The molecule has 0 spiro atoms. The number of carbonyl (C=O) groups is 2. The molecule has 0 aromatic heterocycles. The molecule has 0 unspecified atom stereocenters. The molecule has 2 aromatic carbocycles. The molecule has 5 nitrogen and oxygen atoms in total. The Hall–Kier alpha value is -2.24. The molecule has 0 bridgehead atoms. The number of anilines is 2. The fourth-order valence-electron chi connectivity index (χ4n) is 3.24. The van der Waals surface area contributed by atoms with Crippen molar-refractivity contribution in [3.8, 4) is 0 Å². The van der Waals surface area contributed by atoms with Crippen LogP contribution >= 0.6 is 23.2 Å². The van der Waals surface area contributed by atoms with Crippen LogP contribution in [-0.4, -0.2) is 31.4 Å². The molecule has 0 radical (unpaired) electrons. The van der Waals surface area contributed by atoms with E-state index >= 15 is 0 Å². The van der Waals surface area contributed by atoms with Gasteiger partial charge in [-0.1, -0.05) is 30.1 Å². The van der Waals surface area contributed by atoms with E-state index in [4.69, 9.17) is 23.2 Å². The zero-order chi connectivity index (χ0) is 20.1. The molecule has 0 atom stereocenters. The van der Waals surface area contributed by atoms with Crippen LogP contribution in [0.2, 0.25) is 10.0 Å². The molecule has 0 saturated carbocycles. The Morgan fingerprint density at radius 2 is 1.75 bits per heavy atom. The highest BCUT2D eigenvalue weighted by molar-refractivity contribution is 6.37. The average Bonchev–Trinajstić information content (AvgIpc) is 3.20. The third-order valence-corrected chi connectivity index (χ3v) is 5.20. The van der Waals surface area contributed by atoms with E-state index in [1.165, 1.54) is 6.07 Å². The van der Waals surface area contributed by atoms with Crippen LogP contribution in [0.25, 0.3) is 0 Å². The number of rotatable bonds is 6. The number of nitrogens with one attached hydrogen (secondary N) is 2. The van der Waals surface area contributed by atoms with Crippen molar-refractivity contribution in [2.75, 3.05) is 29.9 Å². The van der Waals surface area contributed by atoms with Crippen molar-refractivity contribution in [3.63, 3.8) is 0 Å². The van der Waals surface area contributed by atoms with Crippen LogP contribution in [0.5, 0.6) is 0 Å². The highest BCUT2D eigenvalue weighted by atomic mass is 35.5. The molecular weight excluding hydrogens is 397 g/mol. The second-order valence-corrected chi connectivity index (χ2v) is 7.60. The molecule has 2 amide bonds. The fourth-order valence-corrected chi connectivity index (χ4v) is 3.73. The van der Waals surface area contributed by atoms with E-state index in [9.17, 15) is 9.59 Å². The molecule has 1 fully saturated rings. The van der Waals surface area contributed by atoms with Gasteiger partial charge in [0.05, 0.1) is 16.1 Å². The Balaban J connectivity index is 1.86. The predicted molar refractivity (Wildman–Crippen MR) is 115 cm³/mol. The van der Waals surface area contributed by atoms with Gasteiger partial charge in [-0.2, -0.15) is 0 Å². The number of carbonyl (C=O) groups excluding carboxylic acids is 2. The fraction of sp³-hybridized carbons (Fsp3) is 0.333. The zero-order valence-corrected chi connectivity index (χ0v) is 17.2. The molecule has 0 aliphatic carbocycles. The highest BCUT2D eigenvalue weighted by Gasteiger charge is 2.20. The third kappa shape index (κ3) is 4.78. The Bertz CT molecular complexity index is 880. The summed E-state index contributed by atoms with van der Waals surface area (Å²) in [5.74, 6) is -0.486. The Labute approximate surface area is 175 Å². The second-order valence-electron chi connectivity index (χ2n) is 6.76. The first-order valence-corrected chi connectivity index (χ1v) is 10.2. The van der Waals surface area contributed by atoms with Crippen LogP contribution in [0.4, 0.5) is 11.4 Å². The predicted octanol–water partition coefficient (Wildman–Crippen LogP) is 4.99. The van der Waals surface area contributed by atoms with Crippen LogP contribution in [0.1, 0.15) is 46.9 Å². The third-order valence-electron chi connectivity index (χ3n) is 4.66. The quantitative estimate of drug-likeness (QED) is 0.693. The molecule has 148 valence electrons. The molecule has 28 heavy (non-hydrogen) atoms. The Morgan fingerprint density at radius 1 is 1.00 bits per heavy atom. The summed E-state index contributed by atoms with van der Waals surface area (Å²) < 4.78 is 0. The van der Waals surface area contributed by atoms with E-state index < -0.39 is 0 Å². The minimum absolute atomic E-state index is 0.135. The zero-order valence-electron chi connectivity index (χ0n) is 15.7. The van der Waals surface area contributed by atoms with E-state index in [-0.39, 0.29) is 16.8 Å². The van der Waals surface area contributed by atoms with E-state index in [0.29, 0.717) is 28.4 Å². The summed E-state index contributed by atoms with van der Waals surface area (Å²) in [4.78, 5) is 27.5. The largest absolute Gasteiger partial charge is 0.371 e. The maximum absolute atomic E-state index is 12.7. The lowest BCUT2D eigenvalue weighted by Crippen LogP contribution is -2.28. The van der Waals surface area contributed by atoms with Gasteiger partial charge in [0.2, 0.25) is 0 Å². The maximum atomic E-state index is 12.7. The van der Waals surface area contributed by atoms with Gasteiger partial charge in [0.15, 0.2) is 0 Å². The van der Waals surface area contributed by atoms with Gasteiger partial charge in [-0.15, -0.1) is 0 Å². The molecular formula is C21H23Cl2N3O2. The van der Waals surface area contributed by atoms with Gasteiger partial charge in [-0.25, -0.2) is 0 Å². The van der Waals surface area contributed by atoms with Crippen molar-refractivity contribution in [3.05, 3.63) is 57.6 Å². The SMILES string of the molecule is CCCNC(=O)c1cc(NC(=O)c2ccc(Cl)cc2Cl)ccc1N1CCCC1. The molecule has 7 heteroatoms. The normalized spacial score (nSPS) is 13.5. The van der Waals surface area contributed by atoms with Crippen molar-refractivity contribution in [1.29, 1.82) is 0 Å². The molecule has 3 rings (SSSR count). The number of hydrogen-bond donors (Lipinski definition) is 2. The first kappa shape index (κ1) is 20.5. The summed E-state index contributed by atoms with van der Waals surface area (Å²) in [7, 11) is 0. The number of amides is 2. The lowest BCUT2D eigenvalue weighted by atomic mass is 10.1. The Morgan fingerprint density at radius 3 is 2.43 bits per heavy atom. The van der Waals surface area contributed by atoms with Gasteiger partial charge in [-0.05, 0) is 55.7 Å². The summed E-state index contributed by atoms with van der Waals surface area (Å²) in [5, 5.41) is 6.49. The highest BCUT2D eigenvalue weighted by Crippen LogP contribution is 2.28. The number of benzene rings is 2. The summed E-state index contributed by atoms with van der Waals surface area (Å²) in [6.45, 7) is 4.48. The van der Waals surface area contributed by atoms with Crippen LogP contribution in [0.3, 0.4) is 0 Å². The smallest absolute Gasteiger partial charge is 0.257 e. The Kier molecular flexibility index (Phi) is 6.81. The molecule has 1 aliphatic heterocycles. The van der Waals surface area contributed by atoms with Gasteiger partial charge in [-0.3, -0.25) is 9.59 Å². The number of halogens is 2. The van der Waals surface area contributed by atoms with Gasteiger partial charge in [0.1, 0.15) is 0 Å². The first-order chi connectivity index (χ1) is 13.5. The van der Waals surface area contributed by atoms with Crippen LogP contribution < -0.4 is 15.5 Å². The van der Waals surface area contributed by atoms with Gasteiger partial charge in [0, 0.05) is 36.0 Å². The topological polar surface area (TPSA) is 61.4 Å². The summed E-state index contributed by atoms with van der Waals surface area (Å²) in [6, 6.07) is 10.1. The molecule has 2 aromatic rings. The minimum Gasteiger partial charge on any atom is -0.371 e. The van der Waals surface area contributed by atoms with Crippen molar-refractivity contribution < 1.29 is 9.59 Å². The summed E-state index contributed by atoms with van der Waals surface area (Å²) >= 11 is 12.0. The lowest BCUT2D eigenvalue weighted by molar-refractivity contribution is 0.0952. The van der Waals surface area contributed by atoms with Crippen molar-refractivity contribution in [1.82, 2.24) is 5.32 Å².